The molecule has 2 aromatic rings. The van der Waals surface area contributed by atoms with Crippen molar-refractivity contribution >= 4 is 11.6 Å². The van der Waals surface area contributed by atoms with E-state index in [2.05, 4.69) is 27.2 Å². The van der Waals surface area contributed by atoms with E-state index in [4.69, 9.17) is 10.3 Å². The molecule has 0 aliphatic carbocycles. The summed E-state index contributed by atoms with van der Waals surface area (Å²) >= 11 is 0. The summed E-state index contributed by atoms with van der Waals surface area (Å²) in [6.45, 7) is 7.38. The third kappa shape index (κ3) is 2.85. The molecule has 0 radical (unpaired) electrons. The summed E-state index contributed by atoms with van der Waals surface area (Å²) in [4.78, 5) is 10.9. The third-order valence-corrected chi connectivity index (χ3v) is 2.98. The molecule has 0 saturated heterocycles. The molecule has 3 N–H and O–H groups in total. The fraction of sp³-hybridized carbons (Fsp3) is 0.385. The summed E-state index contributed by atoms with van der Waals surface area (Å²) in [7, 11) is 0. The number of furan rings is 1. The SMILES string of the molecule is CCN(Cc1ccco1)c1nc(C)nc(NN)c1C. The third-order valence-electron chi connectivity index (χ3n) is 2.98. The lowest BCUT2D eigenvalue weighted by Crippen LogP contribution is -2.25. The van der Waals surface area contributed by atoms with Crippen LogP contribution >= 0.6 is 0 Å². The Bertz CT molecular complexity index is 538. The first-order valence-electron chi connectivity index (χ1n) is 6.24. The normalized spacial score (nSPS) is 10.5. The van der Waals surface area contributed by atoms with Crippen molar-refractivity contribution in [3.8, 4) is 0 Å². The van der Waals surface area contributed by atoms with Crippen LogP contribution in [0.1, 0.15) is 24.1 Å². The van der Waals surface area contributed by atoms with Gasteiger partial charge in [-0.1, -0.05) is 0 Å². The average Bonchev–Trinajstić information content (AvgIpc) is 2.91. The molecule has 0 fully saturated rings. The molecule has 0 atom stereocenters. The van der Waals surface area contributed by atoms with E-state index in [1.165, 1.54) is 0 Å². The lowest BCUT2D eigenvalue weighted by molar-refractivity contribution is 0.502. The maximum Gasteiger partial charge on any atom is 0.148 e. The zero-order valence-electron chi connectivity index (χ0n) is 11.5. The molecule has 0 aliphatic rings. The maximum absolute atomic E-state index is 5.49. The van der Waals surface area contributed by atoms with Gasteiger partial charge in [0.1, 0.15) is 23.2 Å². The highest BCUT2D eigenvalue weighted by atomic mass is 16.3. The Hall–Kier alpha value is -2.08. The molecule has 6 nitrogen and oxygen atoms in total. The van der Waals surface area contributed by atoms with Crippen molar-refractivity contribution in [3.63, 3.8) is 0 Å². The number of nitrogens with two attached hydrogens (primary N) is 1. The van der Waals surface area contributed by atoms with E-state index >= 15 is 0 Å². The number of hydrogen-bond acceptors (Lipinski definition) is 6. The van der Waals surface area contributed by atoms with Crippen LogP contribution in [0.5, 0.6) is 0 Å². The second kappa shape index (κ2) is 5.71. The molecular formula is C13H19N5O. The molecule has 2 heterocycles. The smallest absolute Gasteiger partial charge is 0.148 e. The fourth-order valence-electron chi connectivity index (χ4n) is 1.99. The van der Waals surface area contributed by atoms with E-state index in [0.717, 1.165) is 23.7 Å². The van der Waals surface area contributed by atoms with Crippen LogP contribution in [0.3, 0.4) is 0 Å². The van der Waals surface area contributed by atoms with E-state index < -0.39 is 0 Å². The first-order chi connectivity index (χ1) is 9.15. The average molecular weight is 261 g/mol. The Kier molecular flexibility index (Phi) is 4.01. The van der Waals surface area contributed by atoms with Gasteiger partial charge in [0, 0.05) is 12.1 Å². The largest absolute Gasteiger partial charge is 0.467 e. The first kappa shape index (κ1) is 13.4. The number of nitrogens with one attached hydrogen (secondary N) is 1. The molecule has 2 rings (SSSR count). The van der Waals surface area contributed by atoms with Crippen LogP contribution in [-0.2, 0) is 6.54 Å². The summed E-state index contributed by atoms with van der Waals surface area (Å²) in [6, 6.07) is 3.84. The fourth-order valence-corrected chi connectivity index (χ4v) is 1.99. The predicted molar refractivity (Wildman–Crippen MR) is 74.7 cm³/mol. The summed E-state index contributed by atoms with van der Waals surface area (Å²) in [6.07, 6.45) is 1.67. The molecule has 0 bridgehead atoms. The van der Waals surface area contributed by atoms with Crippen molar-refractivity contribution in [2.75, 3.05) is 16.9 Å². The van der Waals surface area contributed by atoms with Crippen molar-refractivity contribution in [3.05, 3.63) is 35.5 Å². The molecule has 0 spiro atoms. The van der Waals surface area contributed by atoms with Gasteiger partial charge in [0.2, 0.25) is 0 Å². The van der Waals surface area contributed by atoms with E-state index in [1.54, 1.807) is 6.26 Å². The molecule has 0 aliphatic heterocycles. The second-order valence-corrected chi connectivity index (χ2v) is 4.31. The standard InChI is InChI=1S/C13H19N5O/c1-4-18(8-11-6-5-7-19-11)13-9(2)12(17-14)15-10(3)16-13/h5-7H,4,8,14H2,1-3H3,(H,15,16,17). The molecular weight excluding hydrogens is 242 g/mol. The van der Waals surface area contributed by atoms with Gasteiger partial charge in [-0.2, -0.15) is 0 Å². The first-order valence-corrected chi connectivity index (χ1v) is 6.24. The molecule has 0 amide bonds. The van der Waals surface area contributed by atoms with Crippen LogP contribution in [0, 0.1) is 13.8 Å². The summed E-state index contributed by atoms with van der Waals surface area (Å²) in [5.74, 6) is 8.61. The highest BCUT2D eigenvalue weighted by Crippen LogP contribution is 2.24. The number of hydrazine groups is 1. The topological polar surface area (TPSA) is 80.2 Å². The number of nitrogens with zero attached hydrogens (tertiary/aromatic N) is 3. The van der Waals surface area contributed by atoms with Gasteiger partial charge in [0.05, 0.1) is 12.8 Å². The van der Waals surface area contributed by atoms with Crippen LogP contribution in [-0.4, -0.2) is 16.5 Å². The number of hydrogen-bond donors (Lipinski definition) is 2. The number of aromatic nitrogens is 2. The second-order valence-electron chi connectivity index (χ2n) is 4.31. The van der Waals surface area contributed by atoms with Crippen molar-refractivity contribution in [2.45, 2.75) is 27.3 Å². The van der Waals surface area contributed by atoms with Gasteiger partial charge >= 0.3 is 0 Å². The van der Waals surface area contributed by atoms with Crippen LogP contribution in [0.4, 0.5) is 11.6 Å². The van der Waals surface area contributed by atoms with Crippen molar-refractivity contribution in [2.24, 2.45) is 5.84 Å². The molecule has 6 heteroatoms. The molecule has 102 valence electrons. The Labute approximate surface area is 112 Å². The van der Waals surface area contributed by atoms with Gasteiger partial charge in [-0.05, 0) is 32.9 Å². The zero-order chi connectivity index (χ0) is 13.8. The van der Waals surface area contributed by atoms with Crippen LogP contribution in [0.15, 0.2) is 22.8 Å². The minimum Gasteiger partial charge on any atom is -0.467 e. The van der Waals surface area contributed by atoms with Crippen LogP contribution in [0.25, 0.3) is 0 Å². The monoisotopic (exact) mass is 261 g/mol. The van der Waals surface area contributed by atoms with Gasteiger partial charge in [-0.25, -0.2) is 15.8 Å². The van der Waals surface area contributed by atoms with Gasteiger partial charge in [0.25, 0.3) is 0 Å². The van der Waals surface area contributed by atoms with Gasteiger partial charge in [-0.3, -0.25) is 0 Å². The van der Waals surface area contributed by atoms with Gasteiger partial charge in [-0.15, -0.1) is 0 Å². The number of nitrogen functional groups attached to an aromatic ring is 1. The highest BCUT2D eigenvalue weighted by molar-refractivity contribution is 5.58. The van der Waals surface area contributed by atoms with E-state index in [1.807, 2.05) is 26.0 Å². The molecule has 0 aromatic carbocycles. The summed E-state index contributed by atoms with van der Waals surface area (Å²) in [5, 5.41) is 0. The predicted octanol–water partition coefficient (Wildman–Crippen LogP) is 2.00. The quantitative estimate of drug-likeness (QED) is 0.633. The number of anilines is 2. The van der Waals surface area contributed by atoms with Crippen molar-refractivity contribution in [1.82, 2.24) is 9.97 Å². The highest BCUT2D eigenvalue weighted by Gasteiger charge is 2.15. The minimum absolute atomic E-state index is 0.653. The summed E-state index contributed by atoms with van der Waals surface area (Å²) < 4.78 is 5.39. The van der Waals surface area contributed by atoms with Gasteiger partial charge in [0.15, 0.2) is 0 Å². The lowest BCUT2D eigenvalue weighted by Gasteiger charge is -2.23. The van der Waals surface area contributed by atoms with E-state index in [0.29, 0.717) is 18.2 Å². The zero-order valence-corrected chi connectivity index (χ0v) is 11.5. The van der Waals surface area contributed by atoms with Crippen molar-refractivity contribution in [1.29, 1.82) is 0 Å². The van der Waals surface area contributed by atoms with Gasteiger partial charge < -0.3 is 14.7 Å². The van der Waals surface area contributed by atoms with Crippen LogP contribution in [0.2, 0.25) is 0 Å². The Morgan fingerprint density at radius 2 is 2.16 bits per heavy atom. The lowest BCUT2D eigenvalue weighted by atomic mass is 10.2. The minimum atomic E-state index is 0.653. The van der Waals surface area contributed by atoms with E-state index in [9.17, 15) is 0 Å². The Balaban J connectivity index is 2.34. The maximum atomic E-state index is 5.49. The van der Waals surface area contributed by atoms with Crippen LogP contribution < -0.4 is 16.2 Å². The van der Waals surface area contributed by atoms with E-state index in [-0.39, 0.29) is 0 Å². The Morgan fingerprint density at radius 3 is 2.74 bits per heavy atom. The summed E-state index contributed by atoms with van der Waals surface area (Å²) in [5.41, 5.74) is 3.55. The Morgan fingerprint density at radius 1 is 1.37 bits per heavy atom. The molecule has 19 heavy (non-hydrogen) atoms. The number of aryl methyl sites for hydroxylation is 1. The molecule has 0 unspecified atom stereocenters. The van der Waals surface area contributed by atoms with Crippen molar-refractivity contribution < 1.29 is 4.42 Å². The number of rotatable bonds is 5. The molecule has 0 saturated carbocycles. The molecule has 2 aromatic heterocycles.